The van der Waals surface area contributed by atoms with E-state index in [1.54, 1.807) is 4.90 Å². The Labute approximate surface area is 167 Å². The monoisotopic (exact) mass is 382 g/mol. The highest BCUT2D eigenvalue weighted by atomic mass is 16.1. The van der Waals surface area contributed by atoms with E-state index in [1.807, 2.05) is 13.0 Å². The molecule has 0 bridgehead atoms. The number of anilines is 4. The third kappa shape index (κ3) is 4.52. The molecule has 28 heavy (non-hydrogen) atoms. The molecule has 0 atom stereocenters. The fourth-order valence-electron chi connectivity index (χ4n) is 3.52. The Morgan fingerprint density at radius 2 is 1.79 bits per heavy atom. The maximum Gasteiger partial charge on any atom is 0.229 e. The summed E-state index contributed by atoms with van der Waals surface area (Å²) in [5, 5.41) is 3.38. The Bertz CT molecular complexity index is 813. The van der Waals surface area contributed by atoms with Gasteiger partial charge in [0.2, 0.25) is 12.4 Å². The lowest BCUT2D eigenvalue weighted by Crippen LogP contribution is -2.46. The lowest BCUT2D eigenvalue weighted by atomic mass is 10.1. The number of amides is 1. The number of aromatic nitrogens is 2. The van der Waals surface area contributed by atoms with Crippen LogP contribution >= 0.6 is 0 Å². The molecule has 1 saturated heterocycles. The molecule has 1 aromatic carbocycles. The SMILES string of the molecule is CCN(CC)c1ccc(Nc2nc(C)cc(N3CCN(C=O)CC3)n2)c(C)c1. The van der Waals surface area contributed by atoms with Crippen LogP contribution in [0.3, 0.4) is 0 Å². The smallest absolute Gasteiger partial charge is 0.229 e. The summed E-state index contributed by atoms with van der Waals surface area (Å²) in [7, 11) is 0. The molecule has 3 rings (SSSR count). The van der Waals surface area contributed by atoms with Crippen molar-refractivity contribution in [3.63, 3.8) is 0 Å². The summed E-state index contributed by atoms with van der Waals surface area (Å²) in [6, 6.07) is 8.43. The molecule has 1 fully saturated rings. The molecule has 0 saturated carbocycles. The first-order chi connectivity index (χ1) is 13.5. The summed E-state index contributed by atoms with van der Waals surface area (Å²) in [6.07, 6.45) is 0.917. The van der Waals surface area contributed by atoms with Gasteiger partial charge in [0.1, 0.15) is 5.82 Å². The molecule has 1 aromatic heterocycles. The first-order valence-corrected chi connectivity index (χ1v) is 9.96. The number of carbonyl (C=O) groups is 1. The van der Waals surface area contributed by atoms with Crippen LogP contribution in [0.2, 0.25) is 0 Å². The topological polar surface area (TPSA) is 64.6 Å². The number of rotatable bonds is 7. The van der Waals surface area contributed by atoms with E-state index in [0.29, 0.717) is 5.95 Å². The summed E-state index contributed by atoms with van der Waals surface area (Å²) in [5.74, 6) is 1.50. The van der Waals surface area contributed by atoms with Crippen molar-refractivity contribution in [1.29, 1.82) is 0 Å². The highest BCUT2D eigenvalue weighted by molar-refractivity contribution is 5.65. The second-order valence-electron chi connectivity index (χ2n) is 7.12. The van der Waals surface area contributed by atoms with Gasteiger partial charge in [-0.1, -0.05) is 0 Å². The molecular formula is C21H30N6O. The molecule has 1 amide bonds. The fourth-order valence-corrected chi connectivity index (χ4v) is 3.52. The van der Waals surface area contributed by atoms with Gasteiger partial charge in [0.25, 0.3) is 0 Å². The van der Waals surface area contributed by atoms with Crippen LogP contribution in [-0.2, 0) is 4.79 Å². The number of piperazine rings is 1. The van der Waals surface area contributed by atoms with Crippen LogP contribution in [0.25, 0.3) is 0 Å². The molecule has 0 spiro atoms. The van der Waals surface area contributed by atoms with Crippen molar-refractivity contribution in [2.45, 2.75) is 27.7 Å². The molecule has 1 aliphatic heterocycles. The van der Waals surface area contributed by atoms with Crippen molar-refractivity contribution in [3.05, 3.63) is 35.5 Å². The summed E-state index contributed by atoms with van der Waals surface area (Å²) < 4.78 is 0. The molecule has 7 nitrogen and oxygen atoms in total. The van der Waals surface area contributed by atoms with Crippen molar-refractivity contribution in [2.75, 3.05) is 54.4 Å². The van der Waals surface area contributed by atoms with Crippen molar-refractivity contribution in [1.82, 2.24) is 14.9 Å². The molecule has 1 aliphatic rings. The van der Waals surface area contributed by atoms with Crippen LogP contribution < -0.4 is 15.1 Å². The predicted molar refractivity (Wildman–Crippen MR) is 115 cm³/mol. The first kappa shape index (κ1) is 19.9. The van der Waals surface area contributed by atoms with Gasteiger partial charge in [0.15, 0.2) is 0 Å². The van der Waals surface area contributed by atoms with E-state index in [1.165, 1.54) is 5.69 Å². The Balaban J connectivity index is 1.77. The zero-order chi connectivity index (χ0) is 20.1. The molecule has 2 aromatic rings. The lowest BCUT2D eigenvalue weighted by Gasteiger charge is -2.33. The largest absolute Gasteiger partial charge is 0.372 e. The number of benzene rings is 1. The van der Waals surface area contributed by atoms with Gasteiger partial charge in [-0.05, 0) is 51.5 Å². The van der Waals surface area contributed by atoms with Gasteiger partial charge >= 0.3 is 0 Å². The lowest BCUT2D eigenvalue weighted by molar-refractivity contribution is -0.118. The Morgan fingerprint density at radius 1 is 1.07 bits per heavy atom. The van der Waals surface area contributed by atoms with Gasteiger partial charge in [-0.2, -0.15) is 4.98 Å². The number of nitrogens with zero attached hydrogens (tertiary/aromatic N) is 5. The Morgan fingerprint density at radius 3 is 2.39 bits per heavy atom. The average molecular weight is 383 g/mol. The number of hydrogen-bond donors (Lipinski definition) is 1. The Hall–Kier alpha value is -2.83. The number of aryl methyl sites for hydroxylation is 2. The summed E-state index contributed by atoms with van der Waals surface area (Å²) in [5.41, 5.74) is 4.32. The van der Waals surface area contributed by atoms with E-state index in [0.717, 1.165) is 68.4 Å². The Kier molecular flexibility index (Phi) is 6.34. The van der Waals surface area contributed by atoms with Gasteiger partial charge in [-0.15, -0.1) is 0 Å². The normalized spacial score (nSPS) is 14.1. The molecule has 0 radical (unpaired) electrons. The van der Waals surface area contributed by atoms with Crippen molar-refractivity contribution >= 4 is 29.6 Å². The standard InChI is InChI=1S/C21H30N6O/c1-5-26(6-2)18-7-8-19(16(3)13-18)23-21-22-17(4)14-20(24-21)27-11-9-25(15-28)10-12-27/h7-8,13-15H,5-6,9-12H2,1-4H3,(H,22,23,24). The summed E-state index contributed by atoms with van der Waals surface area (Å²) in [4.78, 5) is 26.5. The number of hydrogen-bond acceptors (Lipinski definition) is 6. The maximum atomic E-state index is 10.9. The zero-order valence-electron chi connectivity index (χ0n) is 17.3. The molecular weight excluding hydrogens is 352 g/mol. The van der Waals surface area contributed by atoms with Gasteiger partial charge in [-0.3, -0.25) is 4.79 Å². The molecule has 7 heteroatoms. The maximum absolute atomic E-state index is 10.9. The van der Waals surface area contributed by atoms with E-state index < -0.39 is 0 Å². The molecule has 1 N–H and O–H groups in total. The van der Waals surface area contributed by atoms with Crippen molar-refractivity contribution in [3.8, 4) is 0 Å². The van der Waals surface area contributed by atoms with Gasteiger partial charge in [0.05, 0.1) is 0 Å². The van der Waals surface area contributed by atoms with Crippen LogP contribution in [0.5, 0.6) is 0 Å². The predicted octanol–water partition coefficient (Wildman–Crippen LogP) is 2.96. The molecule has 0 aliphatic carbocycles. The molecule has 150 valence electrons. The van der Waals surface area contributed by atoms with Crippen LogP contribution in [0.15, 0.2) is 24.3 Å². The second kappa shape index (κ2) is 8.91. The van der Waals surface area contributed by atoms with E-state index in [9.17, 15) is 4.79 Å². The highest BCUT2D eigenvalue weighted by Crippen LogP contribution is 2.25. The summed E-state index contributed by atoms with van der Waals surface area (Å²) >= 11 is 0. The van der Waals surface area contributed by atoms with Crippen LogP contribution in [0.4, 0.5) is 23.1 Å². The highest BCUT2D eigenvalue weighted by Gasteiger charge is 2.18. The van der Waals surface area contributed by atoms with E-state index in [-0.39, 0.29) is 0 Å². The van der Waals surface area contributed by atoms with Crippen molar-refractivity contribution < 1.29 is 4.79 Å². The average Bonchev–Trinajstić information content (AvgIpc) is 2.70. The number of nitrogens with one attached hydrogen (secondary N) is 1. The van der Waals surface area contributed by atoms with E-state index in [4.69, 9.17) is 4.98 Å². The second-order valence-corrected chi connectivity index (χ2v) is 7.12. The number of carbonyl (C=O) groups excluding carboxylic acids is 1. The molecule has 0 unspecified atom stereocenters. The third-order valence-corrected chi connectivity index (χ3v) is 5.21. The minimum absolute atomic E-state index is 0.603. The zero-order valence-corrected chi connectivity index (χ0v) is 17.3. The van der Waals surface area contributed by atoms with E-state index >= 15 is 0 Å². The van der Waals surface area contributed by atoms with E-state index in [2.05, 4.69) is 59.1 Å². The van der Waals surface area contributed by atoms with Gasteiger partial charge in [-0.25, -0.2) is 4.98 Å². The third-order valence-electron chi connectivity index (χ3n) is 5.21. The first-order valence-electron chi connectivity index (χ1n) is 9.96. The van der Waals surface area contributed by atoms with Crippen molar-refractivity contribution in [2.24, 2.45) is 0 Å². The fraction of sp³-hybridized carbons (Fsp3) is 0.476. The molecule has 2 heterocycles. The van der Waals surface area contributed by atoms with Crippen LogP contribution in [-0.4, -0.2) is 60.5 Å². The summed E-state index contributed by atoms with van der Waals surface area (Å²) in [6.45, 7) is 13.4. The minimum Gasteiger partial charge on any atom is -0.372 e. The quantitative estimate of drug-likeness (QED) is 0.743. The van der Waals surface area contributed by atoms with Crippen LogP contribution in [0.1, 0.15) is 25.1 Å². The minimum atomic E-state index is 0.603. The van der Waals surface area contributed by atoms with Crippen LogP contribution in [0, 0.1) is 13.8 Å². The van der Waals surface area contributed by atoms with Gasteiger partial charge < -0.3 is 20.0 Å². The van der Waals surface area contributed by atoms with Gasteiger partial charge in [0, 0.05) is 62.4 Å².